The molecule has 1 aliphatic carbocycles. The zero-order valence-corrected chi connectivity index (χ0v) is 13.4. The summed E-state index contributed by atoms with van der Waals surface area (Å²) in [5.74, 6) is 3.14. The Kier molecular flexibility index (Phi) is 6.20. The van der Waals surface area contributed by atoms with Crippen molar-refractivity contribution >= 4 is 23.5 Å². The van der Waals surface area contributed by atoms with Crippen molar-refractivity contribution in [3.63, 3.8) is 0 Å². The average Bonchev–Trinajstić information content (AvgIpc) is 3.00. The van der Waals surface area contributed by atoms with Crippen molar-refractivity contribution < 1.29 is 9.15 Å². The molecule has 1 aromatic heterocycles. The molecule has 2 N–H and O–H groups in total. The Morgan fingerprint density at radius 1 is 1.57 bits per heavy atom. The van der Waals surface area contributed by atoms with E-state index in [4.69, 9.17) is 21.4 Å². The number of hydrogen-bond acceptors (Lipinski definition) is 4. The van der Waals surface area contributed by atoms with Crippen LogP contribution in [0.25, 0.3) is 0 Å². The number of rotatable bonds is 8. The van der Waals surface area contributed by atoms with E-state index in [1.165, 1.54) is 6.42 Å². The number of furan rings is 1. The first-order valence-corrected chi connectivity index (χ1v) is 7.86. The predicted octanol–water partition coefficient (Wildman–Crippen LogP) is 2.63. The lowest BCUT2D eigenvalue weighted by molar-refractivity contribution is 0.145. The molecule has 0 aromatic carbocycles. The minimum atomic E-state index is 0.505. The topological polar surface area (TPSA) is 58.8 Å². The first-order chi connectivity index (χ1) is 10.2. The van der Waals surface area contributed by atoms with Crippen LogP contribution in [-0.4, -0.2) is 31.1 Å². The van der Waals surface area contributed by atoms with Crippen LogP contribution in [0.1, 0.15) is 44.1 Å². The molecule has 5 nitrogen and oxygen atoms in total. The molecule has 2 rings (SSSR count). The molecule has 1 fully saturated rings. The highest BCUT2D eigenvalue weighted by Gasteiger charge is 2.36. The van der Waals surface area contributed by atoms with Gasteiger partial charge in [-0.3, -0.25) is 5.43 Å². The number of nitrogens with zero attached hydrogens (tertiary/aromatic N) is 1. The maximum Gasteiger partial charge on any atom is 0.186 e. The van der Waals surface area contributed by atoms with Gasteiger partial charge in [0.2, 0.25) is 0 Å². The molecule has 21 heavy (non-hydrogen) atoms. The zero-order chi connectivity index (χ0) is 15.1. The van der Waals surface area contributed by atoms with E-state index in [1.807, 2.05) is 19.1 Å². The summed E-state index contributed by atoms with van der Waals surface area (Å²) in [5.41, 5.74) is 2.77. The minimum Gasteiger partial charge on any atom is -0.460 e. The maximum atomic E-state index is 5.72. The van der Waals surface area contributed by atoms with Crippen LogP contribution in [0.3, 0.4) is 0 Å². The quantitative estimate of drug-likeness (QED) is 0.334. The largest absolute Gasteiger partial charge is 0.460 e. The van der Waals surface area contributed by atoms with Crippen LogP contribution in [0.4, 0.5) is 0 Å². The average molecular weight is 309 g/mol. The Morgan fingerprint density at radius 3 is 3.10 bits per heavy atom. The van der Waals surface area contributed by atoms with E-state index in [1.54, 1.807) is 6.21 Å². The van der Waals surface area contributed by atoms with Crippen LogP contribution in [0.2, 0.25) is 0 Å². The SMILES string of the molecule is CCOCCCNC(=S)N/N=C\c1ccc([C@H]2C[C@@H]2C)o1. The molecule has 0 spiro atoms. The summed E-state index contributed by atoms with van der Waals surface area (Å²) in [4.78, 5) is 0. The second-order valence-electron chi connectivity index (χ2n) is 5.24. The normalized spacial score (nSPS) is 20.7. The van der Waals surface area contributed by atoms with Crippen molar-refractivity contribution in [1.29, 1.82) is 0 Å². The van der Waals surface area contributed by atoms with Crippen molar-refractivity contribution in [3.05, 3.63) is 23.7 Å². The van der Waals surface area contributed by atoms with Crippen molar-refractivity contribution in [1.82, 2.24) is 10.7 Å². The number of nitrogens with one attached hydrogen (secondary N) is 2. The van der Waals surface area contributed by atoms with Gasteiger partial charge >= 0.3 is 0 Å². The van der Waals surface area contributed by atoms with Gasteiger partial charge in [0.25, 0.3) is 0 Å². The van der Waals surface area contributed by atoms with Gasteiger partial charge < -0.3 is 14.5 Å². The van der Waals surface area contributed by atoms with E-state index in [0.29, 0.717) is 11.0 Å². The summed E-state index contributed by atoms with van der Waals surface area (Å²) in [6.07, 6.45) is 3.78. The molecule has 1 heterocycles. The summed E-state index contributed by atoms with van der Waals surface area (Å²) in [7, 11) is 0. The van der Waals surface area contributed by atoms with Crippen LogP contribution in [-0.2, 0) is 4.74 Å². The molecule has 0 unspecified atom stereocenters. The highest BCUT2D eigenvalue weighted by Crippen LogP contribution is 2.47. The number of hydrogen-bond donors (Lipinski definition) is 2. The van der Waals surface area contributed by atoms with Gasteiger partial charge in [-0.25, -0.2) is 0 Å². The first kappa shape index (κ1) is 16.0. The standard InChI is InChI=1S/C15H23N3O2S/c1-3-19-8-4-7-16-15(21)18-17-10-12-5-6-14(20-12)13-9-11(13)2/h5-6,10-11,13H,3-4,7-9H2,1-2H3,(H2,16,18,21)/b17-10-/t11-,13-/m0/s1. The van der Waals surface area contributed by atoms with Crippen molar-refractivity contribution in [2.24, 2.45) is 11.0 Å². The van der Waals surface area contributed by atoms with Gasteiger partial charge in [-0.2, -0.15) is 5.10 Å². The number of ether oxygens (including phenoxy) is 1. The minimum absolute atomic E-state index is 0.505. The molecule has 1 aliphatic rings. The Labute approximate surface area is 131 Å². The summed E-state index contributed by atoms with van der Waals surface area (Å²) < 4.78 is 11.0. The number of thiocarbonyl (C=S) groups is 1. The van der Waals surface area contributed by atoms with Crippen molar-refractivity contribution in [2.75, 3.05) is 19.8 Å². The van der Waals surface area contributed by atoms with E-state index < -0.39 is 0 Å². The fourth-order valence-electron chi connectivity index (χ4n) is 2.07. The highest BCUT2D eigenvalue weighted by molar-refractivity contribution is 7.80. The van der Waals surface area contributed by atoms with Gasteiger partial charge in [0.1, 0.15) is 11.5 Å². The first-order valence-electron chi connectivity index (χ1n) is 7.45. The smallest absolute Gasteiger partial charge is 0.186 e. The van der Waals surface area contributed by atoms with Gasteiger partial charge in [0.15, 0.2) is 5.11 Å². The van der Waals surface area contributed by atoms with E-state index in [9.17, 15) is 0 Å². The lowest BCUT2D eigenvalue weighted by atomic mass is 10.3. The Balaban J connectivity index is 1.63. The predicted molar refractivity (Wildman–Crippen MR) is 87.7 cm³/mol. The fraction of sp³-hybridized carbons (Fsp3) is 0.600. The third-order valence-electron chi connectivity index (χ3n) is 3.44. The Morgan fingerprint density at radius 2 is 2.38 bits per heavy atom. The fourth-order valence-corrected chi connectivity index (χ4v) is 2.22. The van der Waals surface area contributed by atoms with Crippen LogP contribution in [0, 0.1) is 5.92 Å². The van der Waals surface area contributed by atoms with E-state index >= 15 is 0 Å². The molecule has 1 aromatic rings. The Bertz CT molecular complexity index is 487. The maximum absolute atomic E-state index is 5.72. The molecule has 1 saturated carbocycles. The third-order valence-corrected chi connectivity index (χ3v) is 3.67. The second kappa shape index (κ2) is 8.14. The molecule has 0 bridgehead atoms. The van der Waals surface area contributed by atoms with Crippen LogP contribution < -0.4 is 10.7 Å². The molecule has 0 saturated heterocycles. The Hall–Kier alpha value is -1.40. The van der Waals surface area contributed by atoms with Crippen LogP contribution in [0.5, 0.6) is 0 Å². The van der Waals surface area contributed by atoms with Crippen LogP contribution in [0.15, 0.2) is 21.7 Å². The van der Waals surface area contributed by atoms with Gasteiger partial charge in [0, 0.05) is 25.7 Å². The van der Waals surface area contributed by atoms with Gasteiger partial charge in [0.05, 0.1) is 6.21 Å². The van der Waals surface area contributed by atoms with Gasteiger partial charge in [-0.05, 0) is 50.0 Å². The van der Waals surface area contributed by atoms with Gasteiger partial charge in [-0.1, -0.05) is 6.92 Å². The van der Waals surface area contributed by atoms with Crippen molar-refractivity contribution in [3.8, 4) is 0 Å². The van der Waals surface area contributed by atoms with E-state index in [-0.39, 0.29) is 0 Å². The lowest BCUT2D eigenvalue weighted by Crippen LogP contribution is -2.33. The zero-order valence-electron chi connectivity index (χ0n) is 12.6. The molecule has 0 aliphatic heterocycles. The van der Waals surface area contributed by atoms with Crippen molar-refractivity contribution in [2.45, 2.75) is 32.6 Å². The molecular weight excluding hydrogens is 286 g/mol. The lowest BCUT2D eigenvalue weighted by Gasteiger charge is -2.06. The summed E-state index contributed by atoms with van der Waals surface area (Å²) in [5, 5.41) is 7.63. The molecule has 0 radical (unpaired) electrons. The summed E-state index contributed by atoms with van der Waals surface area (Å²) in [6, 6.07) is 3.96. The summed E-state index contributed by atoms with van der Waals surface area (Å²) in [6.45, 7) is 6.48. The third kappa shape index (κ3) is 5.47. The number of hydrazone groups is 1. The molecule has 0 amide bonds. The molecule has 2 atom stereocenters. The molecular formula is C15H23N3O2S. The summed E-state index contributed by atoms with van der Waals surface area (Å²) >= 11 is 5.11. The van der Waals surface area contributed by atoms with E-state index in [2.05, 4.69) is 22.8 Å². The van der Waals surface area contributed by atoms with E-state index in [0.717, 1.165) is 43.6 Å². The molecule has 6 heteroatoms. The van der Waals surface area contributed by atoms with Gasteiger partial charge in [-0.15, -0.1) is 0 Å². The second-order valence-corrected chi connectivity index (χ2v) is 5.64. The monoisotopic (exact) mass is 309 g/mol. The highest BCUT2D eigenvalue weighted by atomic mass is 32.1. The molecule has 116 valence electrons. The van der Waals surface area contributed by atoms with Crippen LogP contribution >= 0.6 is 12.2 Å².